The van der Waals surface area contributed by atoms with Gasteiger partial charge in [0, 0.05) is 49.5 Å². The van der Waals surface area contributed by atoms with E-state index in [-0.39, 0.29) is 26.8 Å². The fourth-order valence-electron chi connectivity index (χ4n) is 7.18. The summed E-state index contributed by atoms with van der Waals surface area (Å²) in [6.07, 6.45) is 6.09. The molecule has 3 heterocycles. The van der Waals surface area contributed by atoms with Gasteiger partial charge in [-0.1, -0.05) is 60.0 Å². The zero-order valence-electron chi connectivity index (χ0n) is 26.2. The van der Waals surface area contributed by atoms with E-state index >= 15 is 0 Å². The number of pyridine rings is 2. The SMILES string of the molecule is Cc1cc(C)c2c(c1)c1c(C3CCCCC3)cc(Oc3ccc4c(C)cc(C)c(O)c4n3)[c-]c1n2-c1nc(C)ccc1C.[Pt]. The first-order valence-corrected chi connectivity index (χ1v) is 15.4. The van der Waals surface area contributed by atoms with Gasteiger partial charge in [0.05, 0.1) is 0 Å². The Morgan fingerprint density at radius 2 is 1.57 bits per heavy atom. The van der Waals surface area contributed by atoms with Crippen molar-refractivity contribution in [2.45, 2.75) is 79.6 Å². The van der Waals surface area contributed by atoms with Crippen LogP contribution in [0.2, 0.25) is 0 Å². The van der Waals surface area contributed by atoms with E-state index in [2.05, 4.69) is 61.7 Å². The molecule has 7 rings (SSSR count). The summed E-state index contributed by atoms with van der Waals surface area (Å²) in [5.74, 6) is 2.64. The number of aryl methyl sites for hydroxylation is 6. The van der Waals surface area contributed by atoms with Gasteiger partial charge in [0.25, 0.3) is 0 Å². The van der Waals surface area contributed by atoms with Crippen molar-refractivity contribution in [3.8, 4) is 23.2 Å². The van der Waals surface area contributed by atoms with Crippen LogP contribution in [0.15, 0.2) is 48.5 Å². The Bertz CT molecular complexity index is 2070. The Balaban J connectivity index is 0.00000343. The van der Waals surface area contributed by atoms with Crippen LogP contribution in [-0.4, -0.2) is 19.6 Å². The van der Waals surface area contributed by atoms with Crippen LogP contribution in [0, 0.1) is 47.6 Å². The fourth-order valence-corrected chi connectivity index (χ4v) is 7.18. The number of phenols is 1. The molecule has 6 heteroatoms. The molecule has 0 bridgehead atoms. The first-order chi connectivity index (χ1) is 20.7. The molecule has 44 heavy (non-hydrogen) atoms. The minimum absolute atomic E-state index is 0. The predicted molar refractivity (Wildman–Crippen MR) is 175 cm³/mol. The molecule has 1 aliphatic carbocycles. The molecule has 0 aliphatic heterocycles. The normalized spacial score (nSPS) is 14.0. The van der Waals surface area contributed by atoms with E-state index in [1.807, 2.05) is 39.0 Å². The Hall–Kier alpha value is -3.69. The summed E-state index contributed by atoms with van der Waals surface area (Å²) in [6.45, 7) is 12.5. The summed E-state index contributed by atoms with van der Waals surface area (Å²) < 4.78 is 8.84. The van der Waals surface area contributed by atoms with Crippen molar-refractivity contribution in [2.75, 3.05) is 0 Å². The number of fused-ring (bicyclic) bond motifs is 4. The standard InChI is InChI=1S/C38H38N3O2.Pt/c1-21-16-24(4)36-31(17-21)34-30(27-10-8-7-9-11-27)19-28(20-32(34)41(36)38-22(2)12-13-26(6)39-38)43-33-15-14-29-23(3)18-25(5)37(42)35(29)40-33;/h12-19,27,42H,7-11H2,1-6H3;/q-1;. The molecule has 0 unspecified atom stereocenters. The van der Waals surface area contributed by atoms with E-state index < -0.39 is 0 Å². The minimum Gasteiger partial charge on any atom is -0.505 e. The number of hydrogen-bond acceptors (Lipinski definition) is 4. The maximum atomic E-state index is 10.8. The third kappa shape index (κ3) is 5.09. The molecule has 1 N–H and O–H groups in total. The predicted octanol–water partition coefficient (Wildman–Crippen LogP) is 9.92. The van der Waals surface area contributed by atoms with Crippen molar-refractivity contribution in [2.24, 2.45) is 0 Å². The van der Waals surface area contributed by atoms with E-state index in [1.54, 1.807) is 0 Å². The third-order valence-electron chi connectivity index (χ3n) is 9.22. The van der Waals surface area contributed by atoms with Gasteiger partial charge in [0.2, 0.25) is 5.88 Å². The summed E-state index contributed by atoms with van der Waals surface area (Å²) >= 11 is 0. The van der Waals surface area contributed by atoms with Crippen molar-refractivity contribution in [1.29, 1.82) is 0 Å². The largest absolute Gasteiger partial charge is 0.505 e. The number of rotatable bonds is 4. The topological polar surface area (TPSA) is 60.2 Å². The molecule has 1 aliphatic rings. The molecule has 5 nitrogen and oxygen atoms in total. The minimum atomic E-state index is 0. The van der Waals surface area contributed by atoms with Gasteiger partial charge in [-0.3, -0.25) is 0 Å². The van der Waals surface area contributed by atoms with Crippen LogP contribution in [-0.2, 0) is 21.1 Å². The molecule has 0 atom stereocenters. The average Bonchev–Trinajstić information content (AvgIpc) is 3.31. The van der Waals surface area contributed by atoms with Gasteiger partial charge in [0.1, 0.15) is 17.1 Å². The van der Waals surface area contributed by atoms with Gasteiger partial charge >= 0.3 is 0 Å². The van der Waals surface area contributed by atoms with Crippen molar-refractivity contribution in [3.63, 3.8) is 0 Å². The summed E-state index contributed by atoms with van der Waals surface area (Å²) in [7, 11) is 0. The number of benzene rings is 3. The molecule has 3 aromatic carbocycles. The molecule has 228 valence electrons. The quantitative estimate of drug-likeness (QED) is 0.182. The maximum Gasteiger partial charge on any atom is 0.217 e. The Kier molecular flexibility index (Phi) is 8.05. The van der Waals surface area contributed by atoms with E-state index in [1.165, 1.54) is 65.1 Å². The number of ether oxygens (including phenoxy) is 1. The Morgan fingerprint density at radius 1 is 0.795 bits per heavy atom. The van der Waals surface area contributed by atoms with Gasteiger partial charge in [0.15, 0.2) is 0 Å². The molecule has 1 fully saturated rings. The van der Waals surface area contributed by atoms with Crippen molar-refractivity contribution in [1.82, 2.24) is 14.5 Å². The Morgan fingerprint density at radius 3 is 2.34 bits per heavy atom. The van der Waals surface area contributed by atoms with Crippen LogP contribution >= 0.6 is 0 Å². The van der Waals surface area contributed by atoms with Gasteiger partial charge in [-0.15, -0.1) is 17.7 Å². The molecule has 6 aromatic rings. The van der Waals surface area contributed by atoms with Crippen LogP contribution in [0.5, 0.6) is 17.4 Å². The molecular formula is C38H38N3O2Pt-. The maximum absolute atomic E-state index is 10.8. The van der Waals surface area contributed by atoms with Gasteiger partial charge in [-0.25, -0.2) is 9.97 Å². The van der Waals surface area contributed by atoms with Crippen molar-refractivity contribution >= 4 is 32.7 Å². The summed E-state index contributed by atoms with van der Waals surface area (Å²) in [4.78, 5) is 9.83. The first kappa shape index (κ1) is 30.3. The zero-order chi connectivity index (χ0) is 30.0. The van der Waals surface area contributed by atoms with Crippen LogP contribution in [0.1, 0.15) is 77.1 Å². The smallest absolute Gasteiger partial charge is 0.217 e. The third-order valence-corrected chi connectivity index (χ3v) is 9.22. The summed E-state index contributed by atoms with van der Waals surface area (Å²) in [6, 6.07) is 20.5. The van der Waals surface area contributed by atoms with Crippen LogP contribution in [0.4, 0.5) is 0 Å². The van der Waals surface area contributed by atoms with E-state index in [9.17, 15) is 5.11 Å². The molecular weight excluding hydrogens is 726 g/mol. The summed E-state index contributed by atoms with van der Waals surface area (Å²) in [5, 5.41) is 14.3. The van der Waals surface area contributed by atoms with E-state index in [4.69, 9.17) is 14.7 Å². The number of aromatic nitrogens is 3. The molecule has 0 spiro atoms. The molecule has 0 amide bonds. The Labute approximate surface area is 273 Å². The zero-order valence-corrected chi connectivity index (χ0v) is 28.5. The number of hydrogen-bond donors (Lipinski definition) is 1. The van der Waals surface area contributed by atoms with Gasteiger partial charge in [-0.2, -0.15) is 0 Å². The van der Waals surface area contributed by atoms with Gasteiger partial charge in [-0.05, 0) is 100 Å². The molecule has 3 aromatic heterocycles. The number of phenolic OH excluding ortho intramolecular Hbond substituents is 1. The monoisotopic (exact) mass is 763 g/mol. The van der Waals surface area contributed by atoms with E-state index in [0.717, 1.165) is 39.1 Å². The molecule has 1 saturated carbocycles. The van der Waals surface area contributed by atoms with Crippen LogP contribution < -0.4 is 4.74 Å². The van der Waals surface area contributed by atoms with Crippen molar-refractivity contribution < 1.29 is 30.9 Å². The second-order valence-corrected chi connectivity index (χ2v) is 12.6. The van der Waals surface area contributed by atoms with Gasteiger partial charge < -0.3 is 14.4 Å². The number of nitrogens with zero attached hydrogens (tertiary/aromatic N) is 3. The van der Waals surface area contributed by atoms with Crippen LogP contribution in [0.3, 0.4) is 0 Å². The first-order valence-electron chi connectivity index (χ1n) is 15.4. The summed E-state index contributed by atoms with van der Waals surface area (Å²) in [5.41, 5.74) is 10.5. The van der Waals surface area contributed by atoms with Crippen LogP contribution in [0.25, 0.3) is 38.5 Å². The second kappa shape index (κ2) is 11.7. The van der Waals surface area contributed by atoms with Crippen molar-refractivity contribution in [3.05, 3.63) is 93.7 Å². The number of aromatic hydroxyl groups is 1. The second-order valence-electron chi connectivity index (χ2n) is 12.6. The molecule has 0 saturated heterocycles. The molecule has 0 radical (unpaired) electrons. The van der Waals surface area contributed by atoms with E-state index in [0.29, 0.717) is 23.1 Å². The average molecular weight is 764 g/mol. The fraction of sp³-hybridized carbons (Fsp3) is 0.316.